The van der Waals surface area contributed by atoms with Crippen LogP contribution in [0.2, 0.25) is 0 Å². The summed E-state index contributed by atoms with van der Waals surface area (Å²) in [7, 11) is -4.33. The lowest BCUT2D eigenvalue weighted by Crippen LogP contribution is -2.13. The molecule has 1 atom stereocenters. The Hall–Kier alpha value is -4.61. The molecule has 1 unspecified atom stereocenters. The highest BCUT2D eigenvalue weighted by Crippen LogP contribution is 2.40. The van der Waals surface area contributed by atoms with Crippen LogP contribution in [-0.2, 0) is 37.6 Å². The van der Waals surface area contributed by atoms with E-state index in [2.05, 4.69) is 13.8 Å². The lowest BCUT2D eigenvalue weighted by molar-refractivity contribution is -0.144. The Morgan fingerprint density at radius 2 is 1.45 bits per heavy atom. The molecule has 0 saturated carbocycles. The summed E-state index contributed by atoms with van der Waals surface area (Å²) in [5.74, 6) is 0.453. The van der Waals surface area contributed by atoms with Gasteiger partial charge in [0.2, 0.25) is 0 Å². The van der Waals surface area contributed by atoms with E-state index in [1.807, 2.05) is 72.8 Å². The molecule has 10 heteroatoms. The van der Waals surface area contributed by atoms with Gasteiger partial charge in [-0.25, -0.2) is 0 Å². The van der Waals surface area contributed by atoms with Crippen molar-refractivity contribution in [2.75, 3.05) is 13.2 Å². The number of carbonyl (C=O) groups is 1. The molecule has 5 rings (SSSR count). The van der Waals surface area contributed by atoms with Crippen LogP contribution in [0.25, 0.3) is 11.1 Å². The normalized spacial score (nSPS) is 11.9. The summed E-state index contributed by atoms with van der Waals surface area (Å²) in [6.07, 6.45) is 6.80. The fourth-order valence-corrected chi connectivity index (χ4v) is 8.54. The summed E-state index contributed by atoms with van der Waals surface area (Å²) in [4.78, 5) is 14.0. The van der Waals surface area contributed by atoms with Crippen molar-refractivity contribution in [3.05, 3.63) is 138 Å². The highest BCUT2D eigenvalue weighted by molar-refractivity contribution is 8.00. The van der Waals surface area contributed by atoms with Crippen molar-refractivity contribution in [2.45, 2.75) is 99.7 Å². The molecular formula is C46H52O8S2. The van der Waals surface area contributed by atoms with Crippen molar-refractivity contribution in [1.29, 1.82) is 0 Å². The maximum Gasteiger partial charge on any atom is 0.340 e. The number of hydrogen-bond acceptors (Lipinski definition) is 9. The van der Waals surface area contributed by atoms with E-state index >= 15 is 0 Å². The largest absolute Gasteiger partial charge is 0.494 e. The number of carbonyl (C=O) groups excluding carboxylic acids is 1. The van der Waals surface area contributed by atoms with Crippen LogP contribution in [0.5, 0.6) is 11.5 Å². The van der Waals surface area contributed by atoms with Crippen LogP contribution >= 0.6 is 11.8 Å². The summed E-state index contributed by atoms with van der Waals surface area (Å²) in [5, 5.41) is 10.2. The zero-order chi connectivity index (χ0) is 39.8. The molecule has 0 spiro atoms. The molecule has 0 aliphatic rings. The summed E-state index contributed by atoms with van der Waals surface area (Å²) in [5.41, 5.74) is 4.07. The van der Waals surface area contributed by atoms with E-state index in [-0.39, 0.29) is 17.3 Å². The molecular weight excluding hydrogens is 745 g/mol. The zero-order valence-corrected chi connectivity index (χ0v) is 34.1. The maximum atomic E-state index is 14.1. The van der Waals surface area contributed by atoms with Crippen molar-refractivity contribution in [1.82, 2.24) is 0 Å². The van der Waals surface area contributed by atoms with E-state index in [1.54, 1.807) is 42.5 Å². The number of unbranched alkanes of at least 4 members (excludes halogenated alkanes) is 5. The second-order valence-corrected chi connectivity index (χ2v) is 16.2. The number of benzene rings is 5. The number of ether oxygens (including phenoxy) is 3. The first-order valence-electron chi connectivity index (χ1n) is 19.3. The van der Waals surface area contributed by atoms with Gasteiger partial charge in [-0.15, -0.1) is 0 Å². The predicted molar refractivity (Wildman–Crippen MR) is 221 cm³/mol. The van der Waals surface area contributed by atoms with Gasteiger partial charge in [0.05, 0.1) is 19.8 Å². The van der Waals surface area contributed by atoms with Crippen molar-refractivity contribution in [3.63, 3.8) is 0 Å². The fraction of sp³-hybridized carbons (Fsp3) is 0.326. The van der Waals surface area contributed by atoms with E-state index in [9.17, 15) is 18.3 Å². The number of para-hydroxylation sites is 1. The molecule has 0 fully saturated rings. The van der Waals surface area contributed by atoms with E-state index in [0.29, 0.717) is 52.5 Å². The van der Waals surface area contributed by atoms with E-state index < -0.39 is 22.2 Å². The van der Waals surface area contributed by atoms with Gasteiger partial charge in [0, 0.05) is 28.9 Å². The SMILES string of the molecule is CCCCCCCOCc1cc(CO)cc(C(OC(C)=O)c2ccccc2-c2ccc(Sc3ccc(OCCCC)cc3)c(S(=O)(=O)Oc3ccccc3)c2)c1. The van der Waals surface area contributed by atoms with Gasteiger partial charge in [-0.3, -0.25) is 4.79 Å². The van der Waals surface area contributed by atoms with Crippen molar-refractivity contribution >= 4 is 27.8 Å². The summed E-state index contributed by atoms with van der Waals surface area (Å²) < 4.78 is 51.7. The van der Waals surface area contributed by atoms with E-state index in [0.717, 1.165) is 41.9 Å². The molecule has 0 aliphatic heterocycles. The number of aliphatic hydroxyl groups excluding tert-OH is 1. The van der Waals surface area contributed by atoms with Gasteiger partial charge >= 0.3 is 16.1 Å². The topological polar surface area (TPSA) is 108 Å². The van der Waals surface area contributed by atoms with Gasteiger partial charge in [0.15, 0.2) is 6.10 Å². The average Bonchev–Trinajstić information content (AvgIpc) is 3.20. The molecule has 0 aromatic heterocycles. The highest BCUT2D eigenvalue weighted by atomic mass is 32.2. The molecule has 5 aromatic carbocycles. The van der Waals surface area contributed by atoms with Crippen LogP contribution in [-0.4, -0.2) is 32.7 Å². The Labute approximate surface area is 336 Å². The number of aliphatic hydroxyl groups is 1. The van der Waals surface area contributed by atoms with Gasteiger partial charge < -0.3 is 23.5 Å². The first-order valence-corrected chi connectivity index (χ1v) is 21.5. The number of rotatable bonds is 22. The van der Waals surface area contributed by atoms with Crippen LogP contribution in [0.3, 0.4) is 0 Å². The first-order chi connectivity index (χ1) is 27.2. The Balaban J connectivity index is 1.52. The highest BCUT2D eigenvalue weighted by Gasteiger charge is 2.26. The Morgan fingerprint density at radius 3 is 2.18 bits per heavy atom. The molecule has 0 amide bonds. The van der Waals surface area contributed by atoms with Crippen molar-refractivity contribution in [2.24, 2.45) is 0 Å². The summed E-state index contributed by atoms with van der Waals surface area (Å²) in [6.45, 7) is 7.06. The minimum atomic E-state index is -4.33. The zero-order valence-electron chi connectivity index (χ0n) is 32.4. The van der Waals surface area contributed by atoms with Crippen LogP contribution < -0.4 is 8.92 Å². The van der Waals surface area contributed by atoms with Crippen LogP contribution in [0.15, 0.2) is 130 Å². The summed E-state index contributed by atoms with van der Waals surface area (Å²) in [6, 6.07) is 34.3. The quantitative estimate of drug-likeness (QED) is 0.0416. The first kappa shape index (κ1) is 42.5. The minimum absolute atomic E-state index is 0.0117. The molecule has 0 radical (unpaired) electrons. The molecule has 0 heterocycles. The fourth-order valence-electron chi connectivity index (χ4n) is 6.25. The Bertz CT molecular complexity index is 2100. The standard InChI is InChI=1S/C46H52O8S2/c1-4-6-8-9-15-26-51-33-36-28-35(32-47)29-38(30-36)46(53-34(3)48)43-19-14-13-18-42(43)37-20-25-44(55-41-23-21-39(22-24-41)52-27-7-5-2)45(31-37)56(49,50)54-40-16-11-10-12-17-40/h10-14,16-25,28-31,46-47H,4-9,15,26-27,32-33H2,1-3H3. The third-order valence-electron chi connectivity index (χ3n) is 9.04. The minimum Gasteiger partial charge on any atom is -0.494 e. The van der Waals surface area contributed by atoms with E-state index in [4.69, 9.17) is 18.4 Å². The molecule has 0 bridgehead atoms. The molecule has 296 valence electrons. The van der Waals surface area contributed by atoms with Gasteiger partial charge in [-0.1, -0.05) is 112 Å². The Kier molecular flexibility index (Phi) is 16.4. The molecule has 5 aromatic rings. The maximum absolute atomic E-state index is 14.1. The lowest BCUT2D eigenvalue weighted by atomic mass is 9.91. The second kappa shape index (κ2) is 21.6. The smallest absolute Gasteiger partial charge is 0.340 e. The van der Waals surface area contributed by atoms with Crippen LogP contribution in [0.1, 0.15) is 94.1 Å². The average molecular weight is 797 g/mol. The number of esters is 1. The molecule has 8 nitrogen and oxygen atoms in total. The third kappa shape index (κ3) is 12.4. The third-order valence-corrected chi connectivity index (χ3v) is 11.5. The van der Waals surface area contributed by atoms with Crippen LogP contribution in [0.4, 0.5) is 0 Å². The van der Waals surface area contributed by atoms with Gasteiger partial charge in [0.1, 0.15) is 16.4 Å². The van der Waals surface area contributed by atoms with E-state index in [1.165, 1.54) is 37.9 Å². The summed E-state index contributed by atoms with van der Waals surface area (Å²) >= 11 is 1.31. The van der Waals surface area contributed by atoms with Crippen LogP contribution in [0, 0.1) is 0 Å². The molecule has 1 N–H and O–H groups in total. The predicted octanol–water partition coefficient (Wildman–Crippen LogP) is 11.1. The van der Waals surface area contributed by atoms with Gasteiger partial charge in [0.25, 0.3) is 0 Å². The Morgan fingerprint density at radius 1 is 0.732 bits per heavy atom. The number of hydrogen-bond donors (Lipinski definition) is 1. The molecule has 56 heavy (non-hydrogen) atoms. The van der Waals surface area contributed by atoms with Crippen molar-refractivity contribution in [3.8, 4) is 22.6 Å². The van der Waals surface area contributed by atoms with Crippen molar-refractivity contribution < 1.29 is 36.7 Å². The molecule has 0 saturated heterocycles. The lowest BCUT2D eigenvalue weighted by Gasteiger charge is -2.23. The van der Waals surface area contributed by atoms with Gasteiger partial charge in [-0.2, -0.15) is 8.42 Å². The van der Waals surface area contributed by atoms with Gasteiger partial charge in [-0.05, 0) is 101 Å². The monoisotopic (exact) mass is 796 g/mol. The second-order valence-electron chi connectivity index (χ2n) is 13.6. The molecule has 0 aliphatic carbocycles.